The van der Waals surface area contributed by atoms with E-state index in [1.54, 1.807) is 10.4 Å². The zero-order valence-electron chi connectivity index (χ0n) is 8.39. The topological polar surface area (TPSA) is 12.0 Å². The molecule has 0 saturated heterocycles. The molecule has 0 radical (unpaired) electrons. The standard InChI is InChI=1S/C11H17NS/c1-3-6-11(2)9-5-8-13-10(9)4-7-12-11/h5,8,12H,3-4,6-7H2,1-2H3. The summed E-state index contributed by atoms with van der Waals surface area (Å²) in [5.41, 5.74) is 1.80. The third-order valence-electron chi connectivity index (χ3n) is 2.96. The van der Waals surface area contributed by atoms with E-state index in [1.807, 2.05) is 11.3 Å². The molecule has 72 valence electrons. The lowest BCUT2D eigenvalue weighted by Crippen LogP contribution is -2.44. The quantitative estimate of drug-likeness (QED) is 0.765. The summed E-state index contributed by atoms with van der Waals surface area (Å²) in [6.45, 7) is 5.73. The molecular formula is C11H17NS. The van der Waals surface area contributed by atoms with Gasteiger partial charge in [-0.3, -0.25) is 0 Å². The minimum Gasteiger partial charge on any atom is -0.307 e. The van der Waals surface area contributed by atoms with Gasteiger partial charge in [0, 0.05) is 17.0 Å². The van der Waals surface area contributed by atoms with Crippen LogP contribution < -0.4 is 5.32 Å². The van der Waals surface area contributed by atoms with Gasteiger partial charge in [-0.2, -0.15) is 0 Å². The number of nitrogens with one attached hydrogen (secondary N) is 1. The van der Waals surface area contributed by atoms with E-state index >= 15 is 0 Å². The van der Waals surface area contributed by atoms with Crippen molar-refractivity contribution in [3.05, 3.63) is 21.9 Å². The van der Waals surface area contributed by atoms with Gasteiger partial charge in [-0.15, -0.1) is 11.3 Å². The van der Waals surface area contributed by atoms with Crippen molar-refractivity contribution >= 4 is 11.3 Å². The Morgan fingerprint density at radius 2 is 2.46 bits per heavy atom. The second kappa shape index (κ2) is 3.43. The highest BCUT2D eigenvalue weighted by Crippen LogP contribution is 2.34. The molecule has 1 aliphatic rings. The molecule has 1 aromatic rings. The van der Waals surface area contributed by atoms with Crippen molar-refractivity contribution in [1.29, 1.82) is 0 Å². The first-order chi connectivity index (χ1) is 6.26. The van der Waals surface area contributed by atoms with Gasteiger partial charge in [-0.25, -0.2) is 0 Å². The molecule has 0 spiro atoms. The maximum absolute atomic E-state index is 3.65. The van der Waals surface area contributed by atoms with Crippen LogP contribution in [0.2, 0.25) is 0 Å². The molecule has 13 heavy (non-hydrogen) atoms. The molecule has 2 heteroatoms. The zero-order chi connectivity index (χ0) is 9.31. The van der Waals surface area contributed by atoms with Crippen LogP contribution in [-0.2, 0) is 12.0 Å². The van der Waals surface area contributed by atoms with E-state index in [2.05, 4.69) is 30.6 Å². The Kier molecular flexibility index (Phi) is 2.43. The van der Waals surface area contributed by atoms with Gasteiger partial charge >= 0.3 is 0 Å². The highest BCUT2D eigenvalue weighted by molar-refractivity contribution is 7.10. The van der Waals surface area contributed by atoms with Crippen molar-refractivity contribution in [2.45, 2.75) is 38.6 Å². The molecular weight excluding hydrogens is 178 g/mol. The summed E-state index contributed by atoms with van der Waals surface area (Å²) >= 11 is 1.91. The number of fused-ring (bicyclic) bond motifs is 1. The SMILES string of the molecule is CCCC1(C)NCCc2sccc21. The van der Waals surface area contributed by atoms with E-state index in [-0.39, 0.29) is 5.54 Å². The second-order valence-electron chi connectivity index (χ2n) is 4.02. The molecule has 0 bridgehead atoms. The van der Waals surface area contributed by atoms with Gasteiger partial charge in [-0.05, 0) is 36.8 Å². The molecule has 0 saturated carbocycles. The normalized spacial score (nSPS) is 27.2. The fourth-order valence-corrected chi connectivity index (χ4v) is 3.30. The van der Waals surface area contributed by atoms with Gasteiger partial charge in [0.05, 0.1) is 0 Å². The number of thiophene rings is 1. The van der Waals surface area contributed by atoms with Crippen LogP contribution in [0.25, 0.3) is 0 Å². The van der Waals surface area contributed by atoms with E-state index in [9.17, 15) is 0 Å². The molecule has 0 fully saturated rings. The predicted octanol–water partition coefficient (Wildman–Crippen LogP) is 2.91. The van der Waals surface area contributed by atoms with Crippen molar-refractivity contribution < 1.29 is 0 Å². The Bertz CT molecular complexity index is 292. The largest absolute Gasteiger partial charge is 0.307 e. The summed E-state index contributed by atoms with van der Waals surface area (Å²) in [6, 6.07) is 2.29. The average molecular weight is 195 g/mol. The highest BCUT2D eigenvalue weighted by atomic mass is 32.1. The Labute approximate surface area is 84.2 Å². The number of rotatable bonds is 2. The lowest BCUT2D eigenvalue weighted by molar-refractivity contribution is 0.323. The maximum Gasteiger partial charge on any atom is 0.0417 e. The molecule has 0 amide bonds. The first-order valence-corrected chi connectivity index (χ1v) is 5.96. The predicted molar refractivity (Wildman–Crippen MR) is 58.3 cm³/mol. The molecule has 1 N–H and O–H groups in total. The second-order valence-corrected chi connectivity index (χ2v) is 5.02. The van der Waals surface area contributed by atoms with Crippen molar-refractivity contribution in [1.82, 2.24) is 5.32 Å². The van der Waals surface area contributed by atoms with Gasteiger partial charge in [0.1, 0.15) is 0 Å². The monoisotopic (exact) mass is 195 g/mol. The summed E-state index contributed by atoms with van der Waals surface area (Å²) in [5.74, 6) is 0. The lowest BCUT2D eigenvalue weighted by atomic mass is 9.85. The van der Waals surface area contributed by atoms with Crippen LogP contribution in [0.4, 0.5) is 0 Å². The molecule has 2 heterocycles. The molecule has 1 unspecified atom stereocenters. The van der Waals surface area contributed by atoms with Gasteiger partial charge < -0.3 is 5.32 Å². The Morgan fingerprint density at radius 3 is 3.23 bits per heavy atom. The number of hydrogen-bond acceptors (Lipinski definition) is 2. The molecule has 1 nitrogen and oxygen atoms in total. The molecule has 1 aromatic heterocycles. The summed E-state index contributed by atoms with van der Waals surface area (Å²) in [5, 5.41) is 5.87. The summed E-state index contributed by atoms with van der Waals surface area (Å²) < 4.78 is 0. The molecule has 1 atom stereocenters. The Balaban J connectivity index is 2.33. The van der Waals surface area contributed by atoms with E-state index in [0.717, 1.165) is 6.54 Å². The van der Waals surface area contributed by atoms with E-state index in [0.29, 0.717) is 0 Å². The van der Waals surface area contributed by atoms with Gasteiger partial charge in [0.2, 0.25) is 0 Å². The summed E-state index contributed by atoms with van der Waals surface area (Å²) in [4.78, 5) is 1.59. The third kappa shape index (κ3) is 1.53. The minimum absolute atomic E-state index is 0.252. The van der Waals surface area contributed by atoms with E-state index < -0.39 is 0 Å². The first kappa shape index (κ1) is 9.22. The van der Waals surface area contributed by atoms with Crippen molar-refractivity contribution in [3.63, 3.8) is 0 Å². The van der Waals surface area contributed by atoms with Crippen molar-refractivity contribution in [2.24, 2.45) is 0 Å². The molecule has 0 aliphatic carbocycles. The van der Waals surface area contributed by atoms with Crippen molar-refractivity contribution in [2.75, 3.05) is 6.54 Å². The van der Waals surface area contributed by atoms with E-state index in [1.165, 1.54) is 19.3 Å². The highest BCUT2D eigenvalue weighted by Gasteiger charge is 2.30. The third-order valence-corrected chi connectivity index (χ3v) is 3.94. The average Bonchev–Trinajstić information content (AvgIpc) is 2.54. The van der Waals surface area contributed by atoms with Gasteiger partial charge in [-0.1, -0.05) is 13.3 Å². The Hall–Kier alpha value is -0.340. The Morgan fingerprint density at radius 1 is 1.62 bits per heavy atom. The minimum atomic E-state index is 0.252. The van der Waals surface area contributed by atoms with Crippen LogP contribution in [0.3, 0.4) is 0 Å². The van der Waals surface area contributed by atoms with Crippen LogP contribution in [0.15, 0.2) is 11.4 Å². The van der Waals surface area contributed by atoms with Gasteiger partial charge in [0.25, 0.3) is 0 Å². The summed E-state index contributed by atoms with van der Waals surface area (Å²) in [7, 11) is 0. The smallest absolute Gasteiger partial charge is 0.0417 e. The molecule has 2 rings (SSSR count). The summed E-state index contributed by atoms with van der Waals surface area (Å²) in [6.07, 6.45) is 3.71. The maximum atomic E-state index is 3.65. The van der Waals surface area contributed by atoms with Crippen LogP contribution >= 0.6 is 11.3 Å². The van der Waals surface area contributed by atoms with Crippen LogP contribution in [0.1, 0.15) is 37.1 Å². The van der Waals surface area contributed by atoms with Crippen molar-refractivity contribution in [3.8, 4) is 0 Å². The zero-order valence-corrected chi connectivity index (χ0v) is 9.21. The van der Waals surface area contributed by atoms with Crippen LogP contribution in [0.5, 0.6) is 0 Å². The fraction of sp³-hybridized carbons (Fsp3) is 0.636. The lowest BCUT2D eigenvalue weighted by Gasteiger charge is -2.35. The fourth-order valence-electron chi connectivity index (χ4n) is 2.30. The first-order valence-electron chi connectivity index (χ1n) is 5.08. The van der Waals surface area contributed by atoms with Crippen LogP contribution in [-0.4, -0.2) is 6.54 Å². The molecule has 1 aliphatic heterocycles. The van der Waals surface area contributed by atoms with Gasteiger partial charge in [0.15, 0.2) is 0 Å². The molecule has 0 aromatic carbocycles. The number of hydrogen-bond donors (Lipinski definition) is 1. The van der Waals surface area contributed by atoms with Crippen LogP contribution in [0, 0.1) is 0 Å². The van der Waals surface area contributed by atoms with E-state index in [4.69, 9.17) is 0 Å².